The molecule has 0 saturated heterocycles. The fraction of sp³-hybridized carbons (Fsp3) is 0.207. The first-order valence-electron chi connectivity index (χ1n) is 12.4. The number of nitrogens with one attached hydrogen (secondary N) is 1. The Hall–Kier alpha value is -4.67. The number of benzene rings is 3. The second kappa shape index (κ2) is 10.5. The number of rotatable bonds is 7. The first-order chi connectivity index (χ1) is 19.1. The van der Waals surface area contributed by atoms with Gasteiger partial charge in [-0.15, -0.1) is 0 Å². The Labute approximate surface area is 226 Å². The van der Waals surface area contributed by atoms with Gasteiger partial charge in [0.25, 0.3) is 0 Å². The van der Waals surface area contributed by atoms with Gasteiger partial charge in [0, 0.05) is 0 Å². The molecule has 2 N–H and O–H groups in total. The highest BCUT2D eigenvalue weighted by Gasteiger charge is 2.41. The molecule has 0 unspecified atom stereocenters. The molecule has 1 aromatic heterocycles. The summed E-state index contributed by atoms with van der Waals surface area (Å²) in [4.78, 5) is 25.1. The number of carboxylic acid groups (broad SMARTS) is 1. The minimum Gasteiger partial charge on any atom is -0.478 e. The standard InChI is InChI=1S/C29H23F4N3O4/c1-16(17-8-4-2-5-9-17)40-28(39)35-26-21(29(31,32)33)15-34-36(26)25-23(19-12-13-19)20(18-10-6-3-7-11-18)14-22(30)24(25)27(37)38/h2-11,14-16,19H,12-13H2,1H3,(H,35,39)(H,37,38)/t16-/m1/s1. The first kappa shape index (κ1) is 26.9. The van der Waals surface area contributed by atoms with Crippen molar-refractivity contribution in [3.05, 3.63) is 101 Å². The van der Waals surface area contributed by atoms with E-state index in [1.54, 1.807) is 67.6 Å². The topological polar surface area (TPSA) is 93.5 Å². The summed E-state index contributed by atoms with van der Waals surface area (Å²) < 4.78 is 63.6. The molecule has 0 radical (unpaired) electrons. The van der Waals surface area contributed by atoms with E-state index in [-0.39, 0.29) is 11.6 Å². The Morgan fingerprint density at radius 3 is 2.27 bits per heavy atom. The van der Waals surface area contributed by atoms with Crippen molar-refractivity contribution in [2.24, 2.45) is 0 Å². The SMILES string of the molecule is C[C@@H](OC(=O)Nc1c(C(F)(F)F)cnn1-c1c(C(=O)O)c(F)cc(-c2ccccc2)c1C1CC1)c1ccccc1. The Kier molecular flexibility index (Phi) is 7.05. The van der Waals surface area contributed by atoms with Gasteiger partial charge in [-0.05, 0) is 54.0 Å². The van der Waals surface area contributed by atoms with Crippen molar-refractivity contribution in [1.82, 2.24) is 9.78 Å². The Morgan fingerprint density at radius 2 is 1.70 bits per heavy atom. The molecule has 1 heterocycles. The number of aromatic nitrogens is 2. The maximum Gasteiger partial charge on any atom is 0.421 e. The summed E-state index contributed by atoms with van der Waals surface area (Å²) in [7, 11) is 0. The highest BCUT2D eigenvalue weighted by atomic mass is 19.4. The number of hydrogen-bond donors (Lipinski definition) is 2. The van der Waals surface area contributed by atoms with Crippen LogP contribution in [-0.2, 0) is 10.9 Å². The number of hydrogen-bond acceptors (Lipinski definition) is 4. The van der Waals surface area contributed by atoms with Gasteiger partial charge in [-0.2, -0.15) is 18.3 Å². The van der Waals surface area contributed by atoms with Gasteiger partial charge in [-0.25, -0.2) is 18.7 Å². The van der Waals surface area contributed by atoms with Crippen LogP contribution in [0, 0.1) is 5.82 Å². The molecule has 40 heavy (non-hydrogen) atoms. The average molecular weight is 554 g/mol. The summed E-state index contributed by atoms with van der Waals surface area (Å²) in [6, 6.07) is 18.2. The average Bonchev–Trinajstić information content (AvgIpc) is 3.67. The van der Waals surface area contributed by atoms with Crippen LogP contribution in [0.2, 0.25) is 0 Å². The van der Waals surface area contributed by atoms with Crippen molar-refractivity contribution < 1.29 is 37.0 Å². The van der Waals surface area contributed by atoms with Crippen LogP contribution in [0.5, 0.6) is 0 Å². The maximum absolute atomic E-state index is 15.4. The second-order valence-electron chi connectivity index (χ2n) is 9.39. The van der Waals surface area contributed by atoms with Gasteiger partial charge in [0.05, 0.1) is 11.9 Å². The molecule has 1 aliphatic rings. The van der Waals surface area contributed by atoms with Gasteiger partial charge in [0.15, 0.2) is 5.82 Å². The van der Waals surface area contributed by atoms with Gasteiger partial charge in [0.2, 0.25) is 0 Å². The van der Waals surface area contributed by atoms with Gasteiger partial charge in [-0.3, -0.25) is 5.32 Å². The Balaban J connectivity index is 1.68. The van der Waals surface area contributed by atoms with E-state index in [1.807, 2.05) is 0 Å². The number of nitrogens with zero attached hydrogens (tertiary/aromatic N) is 2. The number of aromatic carboxylic acids is 1. The van der Waals surface area contributed by atoms with Crippen LogP contribution in [0.4, 0.5) is 28.2 Å². The van der Waals surface area contributed by atoms with E-state index in [9.17, 15) is 27.9 Å². The van der Waals surface area contributed by atoms with Crippen molar-refractivity contribution in [2.45, 2.75) is 38.0 Å². The fourth-order valence-electron chi connectivity index (χ4n) is 4.64. The summed E-state index contributed by atoms with van der Waals surface area (Å²) in [5, 5.41) is 15.9. The molecule has 7 nitrogen and oxygen atoms in total. The van der Waals surface area contributed by atoms with Gasteiger partial charge < -0.3 is 9.84 Å². The van der Waals surface area contributed by atoms with E-state index < -0.39 is 47.1 Å². The third-order valence-corrected chi connectivity index (χ3v) is 6.64. The third-order valence-electron chi connectivity index (χ3n) is 6.64. The predicted octanol–water partition coefficient (Wildman–Crippen LogP) is 7.58. The van der Waals surface area contributed by atoms with Crippen LogP contribution < -0.4 is 5.32 Å². The number of carboxylic acids is 1. The molecule has 11 heteroatoms. The number of halogens is 4. The van der Waals surface area contributed by atoms with Crippen molar-refractivity contribution in [3.63, 3.8) is 0 Å². The molecule has 1 atom stereocenters. The molecule has 206 valence electrons. The quantitative estimate of drug-likeness (QED) is 0.230. The molecule has 1 aliphatic carbocycles. The van der Waals surface area contributed by atoms with Crippen LogP contribution >= 0.6 is 0 Å². The molecule has 1 saturated carbocycles. The number of carbonyl (C=O) groups is 2. The van der Waals surface area contributed by atoms with Crippen LogP contribution in [0.3, 0.4) is 0 Å². The van der Waals surface area contributed by atoms with Crippen molar-refractivity contribution in [3.8, 4) is 16.8 Å². The Morgan fingerprint density at radius 1 is 1.07 bits per heavy atom. The molecule has 3 aromatic carbocycles. The molecular weight excluding hydrogens is 530 g/mol. The fourth-order valence-corrected chi connectivity index (χ4v) is 4.64. The van der Waals surface area contributed by atoms with Gasteiger partial charge in [-0.1, -0.05) is 60.7 Å². The molecule has 1 amide bonds. The maximum atomic E-state index is 15.4. The minimum atomic E-state index is -4.98. The summed E-state index contributed by atoms with van der Waals surface area (Å²) in [5.74, 6) is -3.97. The van der Waals surface area contributed by atoms with Crippen molar-refractivity contribution in [2.75, 3.05) is 5.32 Å². The van der Waals surface area contributed by atoms with E-state index >= 15 is 4.39 Å². The number of alkyl halides is 3. The molecular formula is C29H23F4N3O4. The van der Waals surface area contributed by atoms with E-state index in [0.717, 1.165) is 6.07 Å². The number of amides is 1. The van der Waals surface area contributed by atoms with E-state index in [0.29, 0.717) is 46.0 Å². The largest absolute Gasteiger partial charge is 0.478 e. The summed E-state index contributed by atoms with van der Waals surface area (Å²) in [6.45, 7) is 1.54. The highest BCUT2D eigenvalue weighted by Crippen LogP contribution is 2.49. The van der Waals surface area contributed by atoms with Gasteiger partial charge in [0.1, 0.15) is 23.0 Å². The summed E-state index contributed by atoms with van der Waals surface area (Å²) in [6.07, 6.45) is -5.33. The third kappa shape index (κ3) is 5.27. The number of ether oxygens (including phenoxy) is 1. The second-order valence-corrected chi connectivity index (χ2v) is 9.39. The lowest BCUT2D eigenvalue weighted by atomic mass is 9.91. The van der Waals surface area contributed by atoms with Crippen molar-refractivity contribution in [1.29, 1.82) is 0 Å². The predicted molar refractivity (Wildman–Crippen MR) is 138 cm³/mol. The van der Waals surface area contributed by atoms with Crippen LogP contribution in [0.1, 0.15) is 58.8 Å². The number of anilines is 1. The van der Waals surface area contributed by atoms with Crippen LogP contribution in [-0.4, -0.2) is 26.9 Å². The zero-order valence-electron chi connectivity index (χ0n) is 21.1. The molecule has 0 spiro atoms. The van der Waals surface area contributed by atoms with E-state index in [1.165, 1.54) is 0 Å². The lowest BCUT2D eigenvalue weighted by Crippen LogP contribution is -2.22. The monoisotopic (exact) mass is 553 g/mol. The Bertz CT molecular complexity index is 1570. The zero-order valence-corrected chi connectivity index (χ0v) is 21.1. The molecule has 5 rings (SSSR count). The van der Waals surface area contributed by atoms with Crippen LogP contribution in [0.25, 0.3) is 16.8 Å². The van der Waals surface area contributed by atoms with Crippen molar-refractivity contribution >= 4 is 17.9 Å². The first-order valence-corrected chi connectivity index (χ1v) is 12.4. The van der Waals surface area contributed by atoms with Gasteiger partial charge >= 0.3 is 18.2 Å². The van der Waals surface area contributed by atoms with E-state index in [2.05, 4.69) is 10.4 Å². The number of carbonyl (C=O) groups excluding carboxylic acids is 1. The van der Waals surface area contributed by atoms with E-state index in [4.69, 9.17) is 4.74 Å². The smallest absolute Gasteiger partial charge is 0.421 e. The normalized spacial score (nSPS) is 14.0. The molecule has 1 fully saturated rings. The zero-order chi connectivity index (χ0) is 28.6. The molecule has 0 bridgehead atoms. The lowest BCUT2D eigenvalue weighted by molar-refractivity contribution is -0.136. The van der Waals surface area contributed by atoms with Crippen LogP contribution in [0.15, 0.2) is 72.9 Å². The minimum absolute atomic E-state index is 0.250. The molecule has 4 aromatic rings. The highest BCUT2D eigenvalue weighted by molar-refractivity contribution is 5.96. The summed E-state index contributed by atoms with van der Waals surface area (Å²) in [5.41, 5.74) is -0.769. The molecule has 0 aliphatic heterocycles. The lowest BCUT2D eigenvalue weighted by Gasteiger charge is -2.21. The summed E-state index contributed by atoms with van der Waals surface area (Å²) >= 11 is 0.